The van der Waals surface area contributed by atoms with Crippen LogP contribution in [0.3, 0.4) is 0 Å². The summed E-state index contributed by atoms with van der Waals surface area (Å²) in [5.41, 5.74) is 2.48. The monoisotopic (exact) mass is 474 g/mol. The van der Waals surface area contributed by atoms with Crippen molar-refractivity contribution in [3.05, 3.63) is 95.6 Å². The van der Waals surface area contributed by atoms with Crippen LogP contribution in [-0.2, 0) is 22.4 Å². The molecule has 0 saturated heterocycles. The first-order chi connectivity index (χ1) is 16.9. The molecule has 0 atom stereocenters. The summed E-state index contributed by atoms with van der Waals surface area (Å²) in [5.74, 6) is 1.31. The normalized spacial score (nSPS) is 10.8. The fourth-order valence-electron chi connectivity index (χ4n) is 3.58. The van der Waals surface area contributed by atoms with Crippen molar-refractivity contribution in [3.63, 3.8) is 0 Å². The van der Waals surface area contributed by atoms with Gasteiger partial charge in [0.1, 0.15) is 6.17 Å². The van der Waals surface area contributed by atoms with E-state index in [0.717, 1.165) is 17.5 Å². The molecule has 0 aromatic heterocycles. The molecule has 184 valence electrons. The Bertz CT molecular complexity index is 1030. The van der Waals surface area contributed by atoms with Gasteiger partial charge >= 0.3 is 0 Å². The molecule has 6 nitrogen and oxygen atoms in total. The van der Waals surface area contributed by atoms with Gasteiger partial charge in [-0.2, -0.15) is 0 Å². The topological polar surface area (TPSA) is 76.7 Å². The minimum Gasteiger partial charge on any atom is -0.493 e. The van der Waals surface area contributed by atoms with Gasteiger partial charge in [0.2, 0.25) is 11.8 Å². The van der Waals surface area contributed by atoms with E-state index in [9.17, 15) is 9.59 Å². The number of hydrogen-bond donors (Lipinski definition) is 2. The van der Waals surface area contributed by atoms with Crippen LogP contribution in [0.2, 0.25) is 0 Å². The number of hydrogen-bond acceptors (Lipinski definition) is 4. The van der Waals surface area contributed by atoms with Crippen molar-refractivity contribution in [1.82, 2.24) is 10.6 Å². The maximum atomic E-state index is 12.8. The molecule has 0 unspecified atom stereocenters. The molecule has 0 bridgehead atoms. The van der Waals surface area contributed by atoms with E-state index < -0.39 is 6.17 Å². The highest BCUT2D eigenvalue weighted by molar-refractivity contribution is 5.82. The van der Waals surface area contributed by atoms with Gasteiger partial charge in [0.25, 0.3) is 0 Å². The van der Waals surface area contributed by atoms with E-state index >= 15 is 0 Å². The van der Waals surface area contributed by atoms with Gasteiger partial charge in [0.15, 0.2) is 11.5 Å². The lowest BCUT2D eigenvalue weighted by Gasteiger charge is -2.22. The Labute approximate surface area is 207 Å². The highest BCUT2D eigenvalue weighted by Gasteiger charge is 2.20. The molecular formula is C29H34N2O4. The SMILES string of the molecule is COc1cc(C(NC(=O)Cc2ccccc2)NC(=O)Cc2ccccc2)ccc1OCCC(C)C. The summed E-state index contributed by atoms with van der Waals surface area (Å²) in [6, 6.07) is 24.4. The maximum Gasteiger partial charge on any atom is 0.226 e. The van der Waals surface area contributed by atoms with Crippen molar-refractivity contribution in [1.29, 1.82) is 0 Å². The lowest BCUT2D eigenvalue weighted by Crippen LogP contribution is -2.42. The van der Waals surface area contributed by atoms with Crippen LogP contribution < -0.4 is 20.1 Å². The van der Waals surface area contributed by atoms with Gasteiger partial charge < -0.3 is 20.1 Å². The molecule has 6 heteroatoms. The third-order valence-corrected chi connectivity index (χ3v) is 5.50. The molecule has 3 aromatic rings. The second kappa shape index (κ2) is 13.2. The number of benzene rings is 3. The van der Waals surface area contributed by atoms with Crippen LogP contribution in [0.15, 0.2) is 78.9 Å². The Morgan fingerprint density at radius 2 is 1.31 bits per heavy atom. The zero-order chi connectivity index (χ0) is 25.0. The van der Waals surface area contributed by atoms with E-state index in [1.165, 1.54) is 0 Å². The largest absolute Gasteiger partial charge is 0.493 e. The van der Waals surface area contributed by atoms with Crippen LogP contribution in [-0.4, -0.2) is 25.5 Å². The second-order valence-electron chi connectivity index (χ2n) is 8.83. The maximum absolute atomic E-state index is 12.8. The zero-order valence-electron chi connectivity index (χ0n) is 20.6. The summed E-state index contributed by atoms with van der Waals surface area (Å²) in [5, 5.41) is 5.92. The Morgan fingerprint density at radius 1 is 0.771 bits per heavy atom. The lowest BCUT2D eigenvalue weighted by atomic mass is 10.1. The van der Waals surface area contributed by atoms with Crippen LogP contribution in [0.5, 0.6) is 11.5 Å². The third kappa shape index (κ3) is 8.49. The number of carbonyl (C=O) groups excluding carboxylic acids is 2. The molecule has 0 heterocycles. The summed E-state index contributed by atoms with van der Waals surface area (Å²) >= 11 is 0. The van der Waals surface area contributed by atoms with E-state index in [4.69, 9.17) is 9.47 Å². The number of ether oxygens (including phenoxy) is 2. The molecule has 3 aromatic carbocycles. The van der Waals surface area contributed by atoms with Gasteiger partial charge in [-0.25, -0.2) is 0 Å². The Morgan fingerprint density at radius 3 is 1.80 bits per heavy atom. The van der Waals surface area contributed by atoms with E-state index in [-0.39, 0.29) is 24.7 Å². The van der Waals surface area contributed by atoms with Gasteiger partial charge in [-0.1, -0.05) is 80.6 Å². The van der Waals surface area contributed by atoms with Crippen molar-refractivity contribution in [2.45, 2.75) is 39.3 Å². The summed E-state index contributed by atoms with van der Waals surface area (Å²) in [4.78, 5) is 25.7. The molecule has 0 saturated carbocycles. The third-order valence-electron chi connectivity index (χ3n) is 5.50. The number of rotatable bonds is 12. The first-order valence-electron chi connectivity index (χ1n) is 11.9. The first-order valence-corrected chi connectivity index (χ1v) is 11.9. The molecule has 35 heavy (non-hydrogen) atoms. The number of methoxy groups -OCH3 is 1. The summed E-state index contributed by atoms with van der Waals surface area (Å²) < 4.78 is 11.4. The lowest BCUT2D eigenvalue weighted by molar-refractivity contribution is -0.123. The standard InChI is InChI=1S/C29H34N2O4/c1-21(2)16-17-35-25-15-14-24(20-26(25)34-3)29(30-27(32)18-22-10-6-4-7-11-22)31-28(33)19-23-12-8-5-9-13-23/h4-15,20-21,29H,16-19H2,1-3H3,(H,30,32)(H,31,33). The van der Waals surface area contributed by atoms with E-state index in [1.807, 2.05) is 72.8 Å². The summed E-state index contributed by atoms with van der Waals surface area (Å²) in [7, 11) is 1.57. The minimum atomic E-state index is -0.721. The predicted molar refractivity (Wildman–Crippen MR) is 137 cm³/mol. The molecule has 3 rings (SSSR count). The quantitative estimate of drug-likeness (QED) is 0.369. The van der Waals surface area contributed by atoms with Gasteiger partial charge in [-0.05, 0) is 41.2 Å². The molecule has 2 N–H and O–H groups in total. The molecule has 0 fully saturated rings. The van der Waals surface area contributed by atoms with Crippen molar-refractivity contribution < 1.29 is 19.1 Å². The van der Waals surface area contributed by atoms with Gasteiger partial charge in [0.05, 0.1) is 26.6 Å². The predicted octanol–water partition coefficient (Wildman–Crippen LogP) is 4.84. The second-order valence-corrected chi connectivity index (χ2v) is 8.83. The van der Waals surface area contributed by atoms with Crippen molar-refractivity contribution in [3.8, 4) is 11.5 Å². The summed E-state index contributed by atoms with van der Waals surface area (Å²) in [6.07, 6.45) is 0.623. The molecular weight excluding hydrogens is 440 g/mol. The number of nitrogens with one attached hydrogen (secondary N) is 2. The Balaban J connectivity index is 1.77. The summed E-state index contributed by atoms with van der Waals surface area (Å²) in [6.45, 7) is 4.87. The Hall–Kier alpha value is -3.80. The van der Waals surface area contributed by atoms with E-state index in [0.29, 0.717) is 29.6 Å². The number of carbonyl (C=O) groups is 2. The van der Waals surface area contributed by atoms with Crippen molar-refractivity contribution in [2.75, 3.05) is 13.7 Å². The molecule has 0 aliphatic heterocycles. The van der Waals surface area contributed by atoms with Crippen LogP contribution in [0, 0.1) is 5.92 Å². The smallest absolute Gasteiger partial charge is 0.226 e. The fourth-order valence-corrected chi connectivity index (χ4v) is 3.58. The van der Waals surface area contributed by atoms with Crippen molar-refractivity contribution >= 4 is 11.8 Å². The van der Waals surface area contributed by atoms with Crippen LogP contribution in [0.1, 0.15) is 43.1 Å². The van der Waals surface area contributed by atoms with Crippen molar-refractivity contribution in [2.24, 2.45) is 5.92 Å². The van der Waals surface area contributed by atoms with Gasteiger partial charge in [0, 0.05) is 0 Å². The average molecular weight is 475 g/mol. The molecule has 0 aliphatic carbocycles. The van der Waals surface area contributed by atoms with E-state index in [1.54, 1.807) is 13.2 Å². The average Bonchev–Trinajstić information content (AvgIpc) is 2.84. The fraction of sp³-hybridized carbons (Fsp3) is 0.310. The zero-order valence-corrected chi connectivity index (χ0v) is 20.6. The van der Waals surface area contributed by atoms with E-state index in [2.05, 4.69) is 24.5 Å². The first kappa shape index (κ1) is 25.8. The van der Waals surface area contributed by atoms with Crippen LogP contribution in [0.4, 0.5) is 0 Å². The van der Waals surface area contributed by atoms with Gasteiger partial charge in [-0.3, -0.25) is 9.59 Å². The minimum absolute atomic E-state index is 0.197. The number of amides is 2. The van der Waals surface area contributed by atoms with Gasteiger partial charge in [-0.15, -0.1) is 0 Å². The highest BCUT2D eigenvalue weighted by atomic mass is 16.5. The van der Waals surface area contributed by atoms with Crippen LogP contribution in [0.25, 0.3) is 0 Å². The highest BCUT2D eigenvalue weighted by Crippen LogP contribution is 2.30. The van der Waals surface area contributed by atoms with Crippen LogP contribution >= 0.6 is 0 Å². The molecule has 0 radical (unpaired) electrons. The molecule has 0 spiro atoms. The molecule has 0 aliphatic rings. The Kier molecular flexibility index (Phi) is 9.72. The molecule has 2 amide bonds.